The second-order valence-corrected chi connectivity index (χ2v) is 9.32. The Morgan fingerprint density at radius 1 is 1.24 bits per heavy atom. The Morgan fingerprint density at radius 2 is 1.91 bits per heavy atom. The van der Waals surface area contributed by atoms with Gasteiger partial charge < -0.3 is 15.1 Å². The van der Waals surface area contributed by atoms with Crippen LogP contribution in [0.1, 0.15) is 32.1 Å². The molecule has 0 saturated heterocycles. The van der Waals surface area contributed by atoms with E-state index in [9.17, 15) is 31.1 Å². The summed E-state index contributed by atoms with van der Waals surface area (Å²) in [7, 11) is 0. The maximum Gasteiger partial charge on any atom is 0.435 e. The van der Waals surface area contributed by atoms with Crippen LogP contribution in [0.4, 0.5) is 26.3 Å². The van der Waals surface area contributed by atoms with Crippen molar-refractivity contribution in [3.05, 3.63) is 54.9 Å². The predicted octanol–water partition coefficient (Wildman–Crippen LogP) is 5.70. The average molecular weight is 532 g/mol. The van der Waals surface area contributed by atoms with Crippen molar-refractivity contribution in [3.8, 4) is 0 Å². The average Bonchev–Trinajstić information content (AvgIpc) is 3.42. The summed E-state index contributed by atoms with van der Waals surface area (Å²) in [6.45, 7) is -0.475. The van der Waals surface area contributed by atoms with E-state index in [1.165, 1.54) is 6.07 Å². The lowest BCUT2D eigenvalue weighted by molar-refractivity contribution is -0.275. The normalized spacial score (nSPS) is 20.2. The van der Waals surface area contributed by atoms with E-state index in [-0.39, 0.29) is 23.8 Å². The van der Waals surface area contributed by atoms with Crippen LogP contribution in [0.3, 0.4) is 0 Å². The number of carbonyl (C=O) groups excluding carboxylic acids is 1. The van der Waals surface area contributed by atoms with Gasteiger partial charge in [-0.2, -0.15) is 13.2 Å². The SMILES string of the molecule is O=C(NCC(F)F)c1cc2c(s1)CN(C1=NOC(c3cc(Cl)c(F)c(Cl)c3)(C(F)(F)F)C1)C2. The molecule has 2 aromatic rings. The number of oxime groups is 1. The molecule has 33 heavy (non-hydrogen) atoms. The Kier molecular flexibility index (Phi) is 6.21. The number of benzene rings is 1. The highest BCUT2D eigenvalue weighted by molar-refractivity contribution is 7.14. The molecular formula is C19H13Cl2F6N3O2S. The quantitative estimate of drug-likeness (QED) is 0.407. The van der Waals surface area contributed by atoms with E-state index in [2.05, 4.69) is 10.5 Å². The fraction of sp³-hybridized carbons (Fsp3) is 0.368. The number of carbonyl (C=O) groups is 1. The predicted molar refractivity (Wildman–Crippen MR) is 109 cm³/mol. The summed E-state index contributed by atoms with van der Waals surface area (Å²) in [5, 5.41) is 4.58. The van der Waals surface area contributed by atoms with E-state index < -0.39 is 58.5 Å². The number of alkyl halides is 5. The first-order chi connectivity index (χ1) is 15.4. The Bertz CT molecular complexity index is 1090. The molecule has 1 aromatic heterocycles. The fourth-order valence-corrected chi connectivity index (χ4v) is 5.16. The van der Waals surface area contributed by atoms with E-state index in [1.54, 1.807) is 4.90 Å². The number of rotatable bonds is 4. The molecule has 0 spiro atoms. The zero-order valence-electron chi connectivity index (χ0n) is 16.3. The van der Waals surface area contributed by atoms with Crippen LogP contribution in [0.2, 0.25) is 10.0 Å². The minimum atomic E-state index is -4.93. The number of hydrogen-bond donors (Lipinski definition) is 1. The Morgan fingerprint density at radius 3 is 2.48 bits per heavy atom. The van der Waals surface area contributed by atoms with E-state index in [4.69, 9.17) is 28.0 Å². The molecule has 14 heteroatoms. The Labute approximate surface area is 196 Å². The fourth-order valence-electron chi connectivity index (χ4n) is 3.57. The number of halogens is 8. The summed E-state index contributed by atoms with van der Waals surface area (Å²) in [6, 6.07) is 3.12. The van der Waals surface area contributed by atoms with Gasteiger partial charge in [-0.05, 0) is 23.8 Å². The number of hydrogen-bond acceptors (Lipinski definition) is 5. The van der Waals surface area contributed by atoms with Gasteiger partial charge >= 0.3 is 6.18 Å². The molecule has 0 fully saturated rings. The molecule has 0 radical (unpaired) electrons. The maximum atomic E-state index is 14.1. The van der Waals surface area contributed by atoms with Crippen LogP contribution in [0.15, 0.2) is 23.4 Å². The van der Waals surface area contributed by atoms with Gasteiger partial charge in [-0.3, -0.25) is 4.79 Å². The molecule has 0 saturated carbocycles. The summed E-state index contributed by atoms with van der Waals surface area (Å²) >= 11 is 12.5. The second kappa shape index (κ2) is 8.55. The van der Waals surface area contributed by atoms with Crippen molar-refractivity contribution in [1.82, 2.24) is 10.2 Å². The van der Waals surface area contributed by atoms with Gasteiger partial charge in [0.1, 0.15) is 5.84 Å². The molecule has 1 N–H and O–H groups in total. The van der Waals surface area contributed by atoms with Gasteiger partial charge in [-0.25, -0.2) is 13.2 Å². The lowest BCUT2D eigenvalue weighted by Crippen LogP contribution is -2.44. The number of fused-ring (bicyclic) bond motifs is 1. The van der Waals surface area contributed by atoms with E-state index in [0.717, 1.165) is 23.5 Å². The van der Waals surface area contributed by atoms with Crippen molar-refractivity contribution >= 4 is 46.3 Å². The smallest absolute Gasteiger partial charge is 0.372 e. The first kappa shape index (κ1) is 24.0. The summed E-state index contributed by atoms with van der Waals surface area (Å²) in [5.41, 5.74) is -2.72. The largest absolute Gasteiger partial charge is 0.435 e. The minimum absolute atomic E-state index is 0.00371. The third-order valence-corrected chi connectivity index (χ3v) is 6.93. The van der Waals surface area contributed by atoms with E-state index in [0.29, 0.717) is 10.4 Å². The zero-order chi connectivity index (χ0) is 24.1. The van der Waals surface area contributed by atoms with Gasteiger partial charge in [-0.1, -0.05) is 28.4 Å². The minimum Gasteiger partial charge on any atom is -0.372 e. The standard InChI is InChI=1S/C19H13Cl2F6N3O2S/c20-10-2-9(3-11(21)16(10)24)18(19(25,26)27)4-15(29-32-18)30-6-8-1-12(33-13(8)7-30)17(31)28-5-14(22)23/h1-3,14H,4-7H2,(H,28,31). The van der Waals surface area contributed by atoms with Gasteiger partial charge in [0.05, 0.1) is 34.4 Å². The van der Waals surface area contributed by atoms with Crippen LogP contribution in [-0.4, -0.2) is 35.8 Å². The van der Waals surface area contributed by atoms with Crippen molar-refractivity contribution in [2.45, 2.75) is 37.7 Å². The Hall–Kier alpha value is -2.18. The van der Waals surface area contributed by atoms with Crippen LogP contribution in [0.5, 0.6) is 0 Å². The van der Waals surface area contributed by atoms with Gasteiger partial charge in [0.2, 0.25) is 0 Å². The summed E-state index contributed by atoms with van der Waals surface area (Å²) in [4.78, 5) is 19.3. The van der Waals surface area contributed by atoms with Gasteiger partial charge in [0.25, 0.3) is 17.9 Å². The molecule has 3 heterocycles. The molecule has 1 amide bonds. The zero-order valence-corrected chi connectivity index (χ0v) is 18.6. The first-order valence-corrected chi connectivity index (χ1v) is 10.9. The number of nitrogens with one attached hydrogen (secondary N) is 1. The molecule has 0 aliphatic carbocycles. The molecule has 1 atom stereocenters. The van der Waals surface area contributed by atoms with Crippen LogP contribution < -0.4 is 5.32 Å². The lowest BCUT2D eigenvalue weighted by Gasteiger charge is -2.30. The van der Waals surface area contributed by atoms with Gasteiger partial charge in [0.15, 0.2) is 5.82 Å². The Balaban J connectivity index is 1.52. The van der Waals surface area contributed by atoms with Gasteiger partial charge in [-0.15, -0.1) is 11.3 Å². The highest BCUT2D eigenvalue weighted by atomic mass is 35.5. The van der Waals surface area contributed by atoms with Crippen LogP contribution >= 0.6 is 34.5 Å². The molecule has 5 nitrogen and oxygen atoms in total. The summed E-state index contributed by atoms with van der Waals surface area (Å²) < 4.78 is 80.6. The molecule has 178 valence electrons. The molecule has 1 aromatic carbocycles. The number of amides is 1. The number of thiophene rings is 1. The third-order valence-electron chi connectivity index (χ3n) is 5.22. The van der Waals surface area contributed by atoms with E-state index in [1.807, 2.05) is 0 Å². The molecule has 1 unspecified atom stereocenters. The van der Waals surface area contributed by atoms with Crippen molar-refractivity contribution in [1.29, 1.82) is 0 Å². The number of amidine groups is 1. The highest BCUT2D eigenvalue weighted by Gasteiger charge is 2.63. The third kappa shape index (κ3) is 4.35. The van der Waals surface area contributed by atoms with Crippen LogP contribution in [-0.2, 0) is 23.5 Å². The molecule has 0 bridgehead atoms. The monoisotopic (exact) mass is 531 g/mol. The van der Waals surface area contributed by atoms with Crippen molar-refractivity contribution in [3.63, 3.8) is 0 Å². The van der Waals surface area contributed by atoms with Gasteiger partial charge in [0, 0.05) is 17.0 Å². The van der Waals surface area contributed by atoms with Crippen LogP contribution in [0.25, 0.3) is 0 Å². The molecule has 4 rings (SSSR count). The van der Waals surface area contributed by atoms with Crippen molar-refractivity contribution in [2.75, 3.05) is 6.54 Å². The van der Waals surface area contributed by atoms with E-state index >= 15 is 0 Å². The number of nitrogens with zero attached hydrogens (tertiary/aromatic N) is 2. The highest BCUT2D eigenvalue weighted by Crippen LogP contribution is 2.50. The lowest BCUT2D eigenvalue weighted by atomic mass is 9.89. The molecule has 2 aliphatic heterocycles. The first-order valence-electron chi connectivity index (χ1n) is 9.31. The second-order valence-electron chi connectivity index (χ2n) is 7.37. The summed E-state index contributed by atoms with van der Waals surface area (Å²) in [6.07, 6.45) is -8.31. The van der Waals surface area contributed by atoms with Crippen molar-refractivity contribution in [2.24, 2.45) is 5.16 Å². The summed E-state index contributed by atoms with van der Waals surface area (Å²) in [5.74, 6) is -1.70. The molecular weight excluding hydrogens is 519 g/mol. The topological polar surface area (TPSA) is 53.9 Å². The van der Waals surface area contributed by atoms with Crippen molar-refractivity contribution < 1.29 is 36.0 Å². The molecule has 2 aliphatic rings. The van der Waals surface area contributed by atoms with Crippen LogP contribution in [0, 0.1) is 5.82 Å². The maximum absolute atomic E-state index is 14.1.